The van der Waals surface area contributed by atoms with Gasteiger partial charge in [0.25, 0.3) is 5.91 Å². The lowest BCUT2D eigenvalue weighted by molar-refractivity contribution is -0.119. The molecule has 2 rings (SSSR count). The average molecular weight is 362 g/mol. The number of carbonyl (C=O) groups is 2. The molecule has 0 fully saturated rings. The van der Waals surface area contributed by atoms with E-state index in [0.29, 0.717) is 11.3 Å². The average Bonchev–Trinajstić information content (AvgIpc) is 2.56. The number of amides is 2. The van der Waals surface area contributed by atoms with E-state index in [-0.39, 0.29) is 36.2 Å². The Labute approximate surface area is 154 Å². The Bertz CT molecular complexity index is 733. The molecule has 25 heavy (non-hydrogen) atoms. The van der Waals surface area contributed by atoms with Gasteiger partial charge in [0.1, 0.15) is 0 Å². The maximum Gasteiger partial charge on any atom is 0.255 e. The first-order valence-corrected chi connectivity index (χ1v) is 7.92. The number of halogens is 1. The summed E-state index contributed by atoms with van der Waals surface area (Å²) >= 11 is 0. The molecule has 4 N–H and O–H groups in total. The van der Waals surface area contributed by atoms with E-state index in [1.54, 1.807) is 26.0 Å². The van der Waals surface area contributed by atoms with Gasteiger partial charge in [-0.25, -0.2) is 0 Å². The normalized spacial score (nSPS) is 12.5. The van der Waals surface area contributed by atoms with Crippen molar-refractivity contribution in [3.8, 4) is 0 Å². The molecule has 0 radical (unpaired) electrons. The first-order chi connectivity index (χ1) is 11.4. The SMILES string of the molecule is Cc1ccc(C(=O)Nc2ccccc2)cc1NC(=O)C(C)C(C)N.Cl. The van der Waals surface area contributed by atoms with Crippen molar-refractivity contribution in [3.63, 3.8) is 0 Å². The highest BCUT2D eigenvalue weighted by atomic mass is 35.5. The fourth-order valence-electron chi connectivity index (χ4n) is 2.11. The van der Waals surface area contributed by atoms with Crippen LogP contribution in [-0.2, 0) is 4.79 Å². The van der Waals surface area contributed by atoms with Gasteiger partial charge in [0.05, 0.1) is 5.92 Å². The summed E-state index contributed by atoms with van der Waals surface area (Å²) in [5.74, 6) is -0.697. The van der Waals surface area contributed by atoms with Crippen molar-refractivity contribution in [3.05, 3.63) is 59.7 Å². The van der Waals surface area contributed by atoms with Gasteiger partial charge < -0.3 is 16.4 Å². The molecule has 0 aromatic heterocycles. The van der Waals surface area contributed by atoms with E-state index in [2.05, 4.69) is 10.6 Å². The van der Waals surface area contributed by atoms with Crippen LogP contribution in [0.5, 0.6) is 0 Å². The number of aryl methyl sites for hydroxylation is 1. The second-order valence-corrected chi connectivity index (χ2v) is 5.99. The molecule has 6 heteroatoms. The number of rotatable bonds is 5. The molecular formula is C19H24ClN3O2. The third-order valence-electron chi connectivity index (χ3n) is 3.99. The van der Waals surface area contributed by atoms with Crippen LogP contribution in [0.3, 0.4) is 0 Å². The summed E-state index contributed by atoms with van der Waals surface area (Å²) in [7, 11) is 0. The monoisotopic (exact) mass is 361 g/mol. The zero-order valence-electron chi connectivity index (χ0n) is 14.6. The van der Waals surface area contributed by atoms with Crippen molar-refractivity contribution >= 4 is 35.6 Å². The second-order valence-electron chi connectivity index (χ2n) is 5.99. The fraction of sp³-hybridized carbons (Fsp3) is 0.263. The molecule has 2 unspecified atom stereocenters. The molecule has 2 aromatic rings. The van der Waals surface area contributed by atoms with E-state index < -0.39 is 0 Å². The van der Waals surface area contributed by atoms with Crippen molar-refractivity contribution in [1.82, 2.24) is 0 Å². The van der Waals surface area contributed by atoms with Gasteiger partial charge in [0.2, 0.25) is 5.91 Å². The molecule has 2 amide bonds. The van der Waals surface area contributed by atoms with E-state index in [9.17, 15) is 9.59 Å². The first-order valence-electron chi connectivity index (χ1n) is 7.92. The van der Waals surface area contributed by atoms with Crippen molar-refractivity contribution in [2.24, 2.45) is 11.7 Å². The van der Waals surface area contributed by atoms with Crippen LogP contribution >= 0.6 is 12.4 Å². The molecule has 2 atom stereocenters. The summed E-state index contributed by atoms with van der Waals surface area (Å²) in [6, 6.07) is 14.2. The molecule has 5 nitrogen and oxygen atoms in total. The minimum Gasteiger partial charge on any atom is -0.327 e. The lowest BCUT2D eigenvalue weighted by atomic mass is 10.0. The van der Waals surface area contributed by atoms with Crippen molar-refractivity contribution in [1.29, 1.82) is 0 Å². The Kier molecular flexibility index (Phi) is 7.61. The van der Waals surface area contributed by atoms with Gasteiger partial charge in [0.15, 0.2) is 0 Å². The zero-order chi connectivity index (χ0) is 17.7. The Morgan fingerprint density at radius 3 is 2.24 bits per heavy atom. The summed E-state index contributed by atoms with van der Waals surface area (Å²) in [5, 5.41) is 5.68. The van der Waals surface area contributed by atoms with Crippen LogP contribution in [-0.4, -0.2) is 17.9 Å². The van der Waals surface area contributed by atoms with Crippen LogP contribution in [0.25, 0.3) is 0 Å². The number of hydrogen-bond acceptors (Lipinski definition) is 3. The fourth-order valence-corrected chi connectivity index (χ4v) is 2.11. The third kappa shape index (κ3) is 5.59. The van der Waals surface area contributed by atoms with Gasteiger partial charge in [-0.1, -0.05) is 31.2 Å². The summed E-state index contributed by atoms with van der Waals surface area (Å²) in [6.07, 6.45) is 0. The Balaban J connectivity index is 0.00000312. The maximum atomic E-state index is 12.4. The molecule has 0 bridgehead atoms. The van der Waals surface area contributed by atoms with Crippen molar-refractivity contribution < 1.29 is 9.59 Å². The second kappa shape index (κ2) is 9.20. The van der Waals surface area contributed by atoms with Gasteiger partial charge in [0, 0.05) is 23.0 Å². The number of anilines is 2. The van der Waals surface area contributed by atoms with Crippen LogP contribution in [0, 0.1) is 12.8 Å². The van der Waals surface area contributed by atoms with Crippen LogP contribution < -0.4 is 16.4 Å². The van der Waals surface area contributed by atoms with Gasteiger partial charge in [-0.3, -0.25) is 9.59 Å². The van der Waals surface area contributed by atoms with Gasteiger partial charge in [-0.2, -0.15) is 0 Å². The van der Waals surface area contributed by atoms with Crippen molar-refractivity contribution in [2.75, 3.05) is 10.6 Å². The lowest BCUT2D eigenvalue weighted by Crippen LogP contribution is -2.34. The molecule has 0 spiro atoms. The molecule has 134 valence electrons. The molecule has 0 aliphatic heterocycles. The van der Waals surface area contributed by atoms with Gasteiger partial charge >= 0.3 is 0 Å². The zero-order valence-corrected chi connectivity index (χ0v) is 15.4. The van der Waals surface area contributed by atoms with E-state index in [1.165, 1.54) is 0 Å². The Morgan fingerprint density at radius 2 is 1.64 bits per heavy atom. The van der Waals surface area contributed by atoms with E-state index in [4.69, 9.17) is 5.73 Å². The molecule has 2 aromatic carbocycles. The molecule has 0 aliphatic carbocycles. The summed E-state index contributed by atoms with van der Waals surface area (Å²) in [5.41, 5.74) is 8.47. The summed E-state index contributed by atoms with van der Waals surface area (Å²) in [4.78, 5) is 24.5. The quantitative estimate of drug-likeness (QED) is 0.760. The number of para-hydroxylation sites is 1. The minimum absolute atomic E-state index is 0. The Morgan fingerprint density at radius 1 is 1.00 bits per heavy atom. The molecule has 0 saturated heterocycles. The van der Waals surface area contributed by atoms with Crippen LogP contribution in [0.2, 0.25) is 0 Å². The molecule has 0 saturated carbocycles. The van der Waals surface area contributed by atoms with Gasteiger partial charge in [-0.15, -0.1) is 12.4 Å². The van der Waals surface area contributed by atoms with E-state index in [0.717, 1.165) is 11.3 Å². The smallest absolute Gasteiger partial charge is 0.255 e. The van der Waals surface area contributed by atoms with E-state index >= 15 is 0 Å². The van der Waals surface area contributed by atoms with Crippen LogP contribution in [0.15, 0.2) is 48.5 Å². The number of carbonyl (C=O) groups excluding carboxylic acids is 2. The highest BCUT2D eigenvalue weighted by Gasteiger charge is 2.18. The van der Waals surface area contributed by atoms with Crippen LogP contribution in [0.1, 0.15) is 29.8 Å². The molecule has 0 aliphatic rings. The standard InChI is InChI=1S/C19H23N3O2.ClH/c1-12-9-10-15(19(24)21-16-7-5-4-6-8-16)11-17(12)22-18(23)13(2)14(3)20;/h4-11,13-14H,20H2,1-3H3,(H,21,24)(H,22,23);1H. The number of hydrogen-bond donors (Lipinski definition) is 3. The van der Waals surface area contributed by atoms with E-state index in [1.807, 2.05) is 43.3 Å². The van der Waals surface area contributed by atoms with Crippen LogP contribution in [0.4, 0.5) is 11.4 Å². The Hall–Kier alpha value is -2.37. The molecular weight excluding hydrogens is 338 g/mol. The molecule has 0 heterocycles. The highest BCUT2D eigenvalue weighted by molar-refractivity contribution is 6.05. The predicted octanol–water partition coefficient (Wildman–Crippen LogP) is 3.59. The largest absolute Gasteiger partial charge is 0.327 e. The van der Waals surface area contributed by atoms with Crippen molar-refractivity contribution in [2.45, 2.75) is 26.8 Å². The third-order valence-corrected chi connectivity index (χ3v) is 3.99. The minimum atomic E-state index is -0.314. The maximum absolute atomic E-state index is 12.4. The number of nitrogens with one attached hydrogen (secondary N) is 2. The topological polar surface area (TPSA) is 84.2 Å². The lowest BCUT2D eigenvalue weighted by Gasteiger charge is -2.17. The first kappa shape index (κ1) is 20.7. The predicted molar refractivity (Wildman–Crippen MR) is 104 cm³/mol. The number of nitrogens with two attached hydrogens (primary N) is 1. The summed E-state index contributed by atoms with van der Waals surface area (Å²) in [6.45, 7) is 5.45. The number of benzene rings is 2. The highest BCUT2D eigenvalue weighted by Crippen LogP contribution is 2.19. The summed E-state index contributed by atoms with van der Waals surface area (Å²) < 4.78 is 0. The van der Waals surface area contributed by atoms with Gasteiger partial charge in [-0.05, 0) is 43.7 Å².